The lowest BCUT2D eigenvalue weighted by Gasteiger charge is -2.32. The van der Waals surface area contributed by atoms with E-state index in [0.717, 1.165) is 12.8 Å². The molecule has 15 heteroatoms. The molecule has 0 heterocycles. The van der Waals surface area contributed by atoms with Crippen LogP contribution in [0.5, 0.6) is 0 Å². The number of nitrogens with two attached hydrogens (primary N) is 1. The van der Waals surface area contributed by atoms with Crippen LogP contribution in [0.2, 0.25) is 0 Å². The van der Waals surface area contributed by atoms with E-state index in [2.05, 4.69) is 6.92 Å². The fraction of sp³-hybridized carbons (Fsp3) is 0.871. The summed E-state index contributed by atoms with van der Waals surface area (Å²) in [7, 11) is -4.65. The molecule has 0 aromatic rings. The standard InChI is InChI=1S/C16H32O2S.C15H28N2O9S/c1-3-5-6-7-8-9-10-11-12-13-15(17)14-16(19)18-4-2;1-14(2,3)25-7-10(12(19)20)17(13(21)26-15(4,5)6)11(18)9(16)8-27(22,23)24/h15,17H,3-14H2,1-2H3;9-10H,7-8,16H2,1-6H3,(H,19,20)(H,22,23,24)/t15-;9-,10-/m10/s1. The van der Waals surface area contributed by atoms with E-state index in [0.29, 0.717) is 18.1 Å². The molecule has 0 saturated heterocycles. The molecule has 0 aliphatic rings. The number of carboxylic acids is 1. The van der Waals surface area contributed by atoms with Gasteiger partial charge in [0.2, 0.25) is 0 Å². The number of amides is 2. The van der Waals surface area contributed by atoms with Crippen LogP contribution < -0.4 is 5.73 Å². The molecular formula is C31H60N2O11S2. The Kier molecular flexibility index (Phi) is 23.5. The number of unbranched alkanes of at least 4 members (excludes halogenated alkanes) is 8. The van der Waals surface area contributed by atoms with Crippen LogP contribution in [0.25, 0.3) is 0 Å². The second-order valence-corrected chi connectivity index (χ2v) is 15.1. The minimum Gasteiger partial charge on any atom is -0.487 e. The van der Waals surface area contributed by atoms with Gasteiger partial charge in [-0.25, -0.2) is 14.5 Å². The Balaban J connectivity index is 0. The molecule has 0 aromatic heterocycles. The number of aliphatic hydroxyl groups excluding tert-OH is 1. The van der Waals surface area contributed by atoms with Crippen LogP contribution in [0, 0.1) is 0 Å². The number of imide groups is 1. The molecule has 0 spiro atoms. The van der Waals surface area contributed by atoms with Crippen LogP contribution >= 0.6 is 12.2 Å². The highest BCUT2D eigenvalue weighted by molar-refractivity contribution is 7.85. The maximum absolute atomic E-state index is 12.5. The van der Waals surface area contributed by atoms with Gasteiger partial charge in [-0.05, 0) is 67.1 Å². The van der Waals surface area contributed by atoms with E-state index in [-0.39, 0.29) is 11.0 Å². The molecule has 0 saturated carbocycles. The van der Waals surface area contributed by atoms with Crippen molar-refractivity contribution in [1.29, 1.82) is 0 Å². The van der Waals surface area contributed by atoms with E-state index < -0.39 is 63.7 Å². The zero-order chi connectivity index (χ0) is 36.1. The average Bonchev–Trinajstić information content (AvgIpc) is 2.87. The summed E-state index contributed by atoms with van der Waals surface area (Å²) in [5.41, 5.74) is 3.60. The monoisotopic (exact) mass is 700 g/mol. The average molecular weight is 701 g/mol. The topological polar surface area (TPSA) is 203 Å². The first-order chi connectivity index (χ1) is 21.0. The molecule has 3 atom stereocenters. The van der Waals surface area contributed by atoms with Crippen molar-refractivity contribution in [2.75, 3.05) is 19.0 Å². The number of aliphatic carboxylic acids is 1. The van der Waals surface area contributed by atoms with Gasteiger partial charge in [0.25, 0.3) is 16.0 Å². The predicted octanol–water partition coefficient (Wildman–Crippen LogP) is 5.26. The number of thiocarbonyl (C=S) groups is 1. The van der Waals surface area contributed by atoms with Crippen LogP contribution in [-0.2, 0) is 33.9 Å². The SMILES string of the molecule is CC(C)(C)OC[C@@H](C(=O)O)N(C(=O)OC(C)(C)C)C(=O)[C@@H](N)CS(=O)(=O)O.CCCCCCCCCCC[C@@H](O)CC(=S)OCC. The zero-order valence-electron chi connectivity index (χ0n) is 29.1. The maximum atomic E-state index is 12.5. The second kappa shape index (κ2) is 23.4. The van der Waals surface area contributed by atoms with Crippen molar-refractivity contribution in [3.05, 3.63) is 0 Å². The van der Waals surface area contributed by atoms with Crippen molar-refractivity contribution in [2.45, 2.75) is 155 Å². The number of carboxylic acid groups (broad SMARTS) is 1. The lowest BCUT2D eigenvalue weighted by atomic mass is 10.0. The van der Waals surface area contributed by atoms with Gasteiger partial charge in [-0.15, -0.1) is 0 Å². The predicted molar refractivity (Wildman–Crippen MR) is 181 cm³/mol. The Hall–Kier alpha value is -1.91. The minimum atomic E-state index is -4.65. The van der Waals surface area contributed by atoms with E-state index in [9.17, 15) is 33.0 Å². The number of hydrogen-bond donors (Lipinski definition) is 4. The molecule has 46 heavy (non-hydrogen) atoms. The summed E-state index contributed by atoms with van der Waals surface area (Å²) in [6.45, 7) is 13.6. The highest BCUT2D eigenvalue weighted by Crippen LogP contribution is 2.17. The summed E-state index contributed by atoms with van der Waals surface area (Å²) in [5.74, 6) is -4.12. The van der Waals surface area contributed by atoms with E-state index in [1.807, 2.05) is 6.92 Å². The fourth-order valence-electron chi connectivity index (χ4n) is 3.95. The summed E-state index contributed by atoms with van der Waals surface area (Å²) >= 11 is 5.02. The normalized spacial score (nSPS) is 13.9. The van der Waals surface area contributed by atoms with Crippen molar-refractivity contribution >= 4 is 45.4 Å². The lowest BCUT2D eigenvalue weighted by Crippen LogP contribution is -2.58. The first-order valence-electron chi connectivity index (χ1n) is 16.0. The Morgan fingerprint density at radius 2 is 1.39 bits per heavy atom. The van der Waals surface area contributed by atoms with Crippen molar-refractivity contribution < 1.29 is 51.8 Å². The third kappa shape index (κ3) is 26.2. The molecule has 0 aliphatic heterocycles. The number of rotatable bonds is 20. The number of ether oxygens (including phenoxy) is 3. The van der Waals surface area contributed by atoms with Crippen molar-refractivity contribution in [2.24, 2.45) is 5.73 Å². The highest BCUT2D eigenvalue weighted by Gasteiger charge is 2.41. The second-order valence-electron chi connectivity index (χ2n) is 13.1. The third-order valence-electron chi connectivity index (χ3n) is 6.15. The number of carbonyl (C=O) groups is 3. The summed E-state index contributed by atoms with van der Waals surface area (Å²) in [4.78, 5) is 36.8. The summed E-state index contributed by atoms with van der Waals surface area (Å²) in [5, 5.41) is 19.8. The van der Waals surface area contributed by atoms with E-state index in [1.54, 1.807) is 20.8 Å². The van der Waals surface area contributed by atoms with Crippen molar-refractivity contribution in [1.82, 2.24) is 4.90 Å². The maximum Gasteiger partial charge on any atom is 0.417 e. The summed E-state index contributed by atoms with van der Waals surface area (Å²) in [6.07, 6.45) is 11.5. The van der Waals surface area contributed by atoms with Crippen molar-refractivity contribution in [3.8, 4) is 0 Å². The van der Waals surface area contributed by atoms with Gasteiger partial charge in [-0.3, -0.25) is 9.35 Å². The van der Waals surface area contributed by atoms with Gasteiger partial charge in [-0.2, -0.15) is 8.42 Å². The molecule has 0 aliphatic carbocycles. The molecule has 2 amide bonds. The summed E-state index contributed by atoms with van der Waals surface area (Å²) < 4.78 is 46.4. The van der Waals surface area contributed by atoms with Gasteiger partial charge in [0, 0.05) is 6.42 Å². The highest BCUT2D eigenvalue weighted by atomic mass is 32.2. The molecule has 0 radical (unpaired) electrons. The molecule has 0 unspecified atom stereocenters. The third-order valence-corrected chi connectivity index (χ3v) is 7.22. The lowest BCUT2D eigenvalue weighted by molar-refractivity contribution is -0.155. The van der Waals surface area contributed by atoms with E-state index >= 15 is 0 Å². The van der Waals surface area contributed by atoms with Gasteiger partial charge in [0.15, 0.2) is 11.1 Å². The largest absolute Gasteiger partial charge is 0.487 e. The van der Waals surface area contributed by atoms with E-state index in [4.69, 9.17) is 36.7 Å². The smallest absolute Gasteiger partial charge is 0.417 e. The Morgan fingerprint density at radius 1 is 0.891 bits per heavy atom. The molecular weight excluding hydrogens is 640 g/mol. The van der Waals surface area contributed by atoms with Crippen LogP contribution in [0.3, 0.4) is 0 Å². The van der Waals surface area contributed by atoms with Crippen molar-refractivity contribution in [3.63, 3.8) is 0 Å². The molecule has 0 aromatic carbocycles. The number of hydrogen-bond acceptors (Lipinski definition) is 11. The number of nitrogens with zero attached hydrogens (tertiary/aromatic N) is 1. The van der Waals surface area contributed by atoms with Gasteiger partial charge in [0.1, 0.15) is 11.6 Å². The molecule has 272 valence electrons. The van der Waals surface area contributed by atoms with Gasteiger partial charge < -0.3 is 30.2 Å². The fourth-order valence-corrected chi connectivity index (χ4v) is 4.86. The first kappa shape index (κ1) is 46.2. The quantitative estimate of drug-likeness (QED) is 0.0729. The number of aliphatic hydroxyl groups is 1. The van der Waals surface area contributed by atoms with Crippen LogP contribution in [0.15, 0.2) is 0 Å². The molecule has 13 nitrogen and oxygen atoms in total. The van der Waals surface area contributed by atoms with E-state index in [1.165, 1.54) is 72.1 Å². The van der Waals surface area contributed by atoms with Gasteiger partial charge in [0.05, 0.1) is 30.7 Å². The first-order valence-corrected chi connectivity index (χ1v) is 18.0. The molecule has 0 bridgehead atoms. The van der Waals surface area contributed by atoms with Crippen LogP contribution in [0.1, 0.15) is 126 Å². The van der Waals surface area contributed by atoms with Gasteiger partial charge in [-0.1, -0.05) is 64.7 Å². The Bertz CT molecular complexity index is 1010. The van der Waals surface area contributed by atoms with Crippen LogP contribution in [-0.4, -0.2) is 99.5 Å². The Labute approximate surface area is 281 Å². The van der Waals surface area contributed by atoms with Gasteiger partial charge >= 0.3 is 12.1 Å². The van der Waals surface area contributed by atoms with Crippen LogP contribution in [0.4, 0.5) is 4.79 Å². The Morgan fingerprint density at radius 3 is 1.80 bits per heavy atom. The zero-order valence-corrected chi connectivity index (χ0v) is 30.7. The molecule has 5 N–H and O–H groups in total. The number of carbonyl (C=O) groups excluding carboxylic acids is 2. The molecule has 0 rings (SSSR count). The minimum absolute atomic E-state index is 0.204. The summed E-state index contributed by atoms with van der Waals surface area (Å²) in [6, 6.07) is -3.71. The molecule has 0 fully saturated rings.